The second-order valence-electron chi connectivity index (χ2n) is 5.54. The number of hydrogen-bond acceptors (Lipinski definition) is 5. The predicted octanol–water partition coefficient (Wildman–Crippen LogP) is 1.35. The number of benzene rings is 1. The van der Waals surface area contributed by atoms with E-state index in [1.165, 1.54) is 6.33 Å². The van der Waals surface area contributed by atoms with Gasteiger partial charge in [-0.3, -0.25) is 9.13 Å². The minimum Gasteiger partial charge on any atom is -0.382 e. The van der Waals surface area contributed by atoms with E-state index in [0.717, 1.165) is 19.5 Å². The molecule has 0 aliphatic carbocycles. The maximum atomic E-state index is 13.1. The molecule has 8 heteroatoms. The Bertz CT molecular complexity index is 924. The van der Waals surface area contributed by atoms with E-state index in [2.05, 4.69) is 15.3 Å². The molecule has 0 amide bonds. The van der Waals surface area contributed by atoms with Gasteiger partial charge in [-0.15, -0.1) is 0 Å². The lowest BCUT2D eigenvalue weighted by Crippen LogP contribution is -2.28. The number of aromatic nitrogens is 4. The fourth-order valence-corrected chi connectivity index (χ4v) is 3.21. The van der Waals surface area contributed by atoms with Gasteiger partial charge in [0.15, 0.2) is 11.5 Å². The summed E-state index contributed by atoms with van der Waals surface area (Å²) < 4.78 is 3.27. The van der Waals surface area contributed by atoms with E-state index < -0.39 is 0 Å². The van der Waals surface area contributed by atoms with Gasteiger partial charge in [-0.1, -0.05) is 11.6 Å². The van der Waals surface area contributed by atoms with Gasteiger partial charge < -0.3 is 11.1 Å². The number of anilines is 1. The summed E-state index contributed by atoms with van der Waals surface area (Å²) in [5.41, 5.74) is 7.66. The van der Waals surface area contributed by atoms with Crippen molar-refractivity contribution in [1.29, 1.82) is 0 Å². The summed E-state index contributed by atoms with van der Waals surface area (Å²) in [5, 5.41) is 3.88. The SMILES string of the molecule is Nc1ncnc2c1n(-c1ccc(Cl)cc1)c(=O)n2C1CCNC1. The first-order valence-corrected chi connectivity index (χ1v) is 7.74. The lowest BCUT2D eigenvalue weighted by molar-refractivity contribution is 0.537. The van der Waals surface area contributed by atoms with Crippen LogP contribution in [-0.2, 0) is 0 Å². The van der Waals surface area contributed by atoms with Gasteiger partial charge in [0.1, 0.15) is 11.8 Å². The highest BCUT2D eigenvalue weighted by Gasteiger charge is 2.26. The standard InChI is InChI=1S/C15H15ClN6O/c16-9-1-3-10(4-2-9)21-12-13(17)19-8-20-14(12)22(15(21)23)11-5-6-18-7-11/h1-4,8,11,18H,5-7H2,(H2,17,19,20). The number of nitrogens with one attached hydrogen (secondary N) is 1. The van der Waals surface area contributed by atoms with E-state index in [1.54, 1.807) is 33.4 Å². The Labute approximate surface area is 136 Å². The van der Waals surface area contributed by atoms with Crippen LogP contribution in [0.25, 0.3) is 16.9 Å². The molecule has 7 nitrogen and oxygen atoms in total. The van der Waals surface area contributed by atoms with Crippen LogP contribution in [0.4, 0.5) is 5.82 Å². The topological polar surface area (TPSA) is 90.8 Å². The number of imidazole rings is 1. The molecule has 1 aliphatic heterocycles. The van der Waals surface area contributed by atoms with Gasteiger partial charge in [0, 0.05) is 11.6 Å². The van der Waals surface area contributed by atoms with Gasteiger partial charge >= 0.3 is 5.69 Å². The summed E-state index contributed by atoms with van der Waals surface area (Å²) in [7, 11) is 0. The quantitative estimate of drug-likeness (QED) is 0.740. The molecule has 0 saturated carbocycles. The molecule has 0 bridgehead atoms. The molecule has 1 atom stereocenters. The molecule has 118 valence electrons. The Morgan fingerprint density at radius 2 is 2.04 bits per heavy atom. The third kappa shape index (κ3) is 2.20. The average molecular weight is 331 g/mol. The predicted molar refractivity (Wildman–Crippen MR) is 89.1 cm³/mol. The lowest BCUT2D eigenvalue weighted by Gasteiger charge is -2.09. The van der Waals surface area contributed by atoms with E-state index in [-0.39, 0.29) is 17.5 Å². The van der Waals surface area contributed by atoms with Crippen molar-refractivity contribution in [3.05, 3.63) is 46.1 Å². The van der Waals surface area contributed by atoms with E-state index >= 15 is 0 Å². The van der Waals surface area contributed by atoms with E-state index in [1.807, 2.05) is 0 Å². The number of hydrogen-bond donors (Lipinski definition) is 2. The van der Waals surface area contributed by atoms with Crippen LogP contribution in [0.2, 0.25) is 5.02 Å². The number of halogens is 1. The molecule has 1 unspecified atom stereocenters. The summed E-state index contributed by atoms with van der Waals surface area (Å²) in [5.74, 6) is 0.284. The Morgan fingerprint density at radius 1 is 1.26 bits per heavy atom. The third-order valence-corrected chi connectivity index (χ3v) is 4.42. The van der Waals surface area contributed by atoms with Gasteiger partial charge in [-0.2, -0.15) is 0 Å². The van der Waals surface area contributed by atoms with Crippen molar-refractivity contribution in [2.45, 2.75) is 12.5 Å². The minimum absolute atomic E-state index is 0.0628. The second-order valence-corrected chi connectivity index (χ2v) is 5.98. The molecule has 0 radical (unpaired) electrons. The smallest absolute Gasteiger partial charge is 0.335 e. The highest BCUT2D eigenvalue weighted by Crippen LogP contribution is 2.25. The van der Waals surface area contributed by atoms with Crippen LogP contribution >= 0.6 is 11.6 Å². The Balaban J connectivity index is 2.05. The summed E-state index contributed by atoms with van der Waals surface area (Å²) >= 11 is 5.95. The molecule has 1 aromatic carbocycles. The van der Waals surface area contributed by atoms with Gasteiger partial charge in [-0.05, 0) is 37.2 Å². The number of nitrogen functional groups attached to an aromatic ring is 1. The molecular formula is C15H15ClN6O. The molecule has 3 aromatic rings. The molecule has 1 saturated heterocycles. The Hall–Kier alpha value is -2.38. The first-order valence-electron chi connectivity index (χ1n) is 7.37. The molecular weight excluding hydrogens is 316 g/mol. The fourth-order valence-electron chi connectivity index (χ4n) is 3.09. The number of nitrogens with zero attached hydrogens (tertiary/aromatic N) is 4. The van der Waals surface area contributed by atoms with Crippen molar-refractivity contribution in [1.82, 2.24) is 24.4 Å². The zero-order valence-electron chi connectivity index (χ0n) is 12.2. The average Bonchev–Trinajstić information content (AvgIpc) is 3.14. The summed E-state index contributed by atoms with van der Waals surface area (Å²) in [6.07, 6.45) is 2.27. The lowest BCUT2D eigenvalue weighted by atomic mass is 10.2. The Morgan fingerprint density at radius 3 is 2.74 bits per heavy atom. The first-order chi connectivity index (χ1) is 11.2. The molecule has 0 spiro atoms. The van der Waals surface area contributed by atoms with Gasteiger partial charge in [0.2, 0.25) is 0 Å². The minimum atomic E-state index is -0.164. The van der Waals surface area contributed by atoms with E-state index in [0.29, 0.717) is 21.9 Å². The maximum Gasteiger partial charge on any atom is 0.335 e. The highest BCUT2D eigenvalue weighted by atomic mass is 35.5. The van der Waals surface area contributed by atoms with Crippen LogP contribution in [0.5, 0.6) is 0 Å². The number of nitrogens with two attached hydrogens (primary N) is 1. The second kappa shape index (κ2) is 5.36. The molecule has 1 aliphatic rings. The van der Waals surface area contributed by atoms with Crippen LogP contribution in [0.15, 0.2) is 35.4 Å². The van der Waals surface area contributed by atoms with Crippen LogP contribution in [0.1, 0.15) is 12.5 Å². The molecule has 2 aromatic heterocycles. The monoisotopic (exact) mass is 330 g/mol. The summed E-state index contributed by atoms with van der Waals surface area (Å²) in [6.45, 7) is 1.62. The fraction of sp³-hybridized carbons (Fsp3) is 0.267. The van der Waals surface area contributed by atoms with Crippen LogP contribution in [0, 0.1) is 0 Å². The van der Waals surface area contributed by atoms with Gasteiger partial charge in [0.25, 0.3) is 0 Å². The van der Waals surface area contributed by atoms with Crippen LogP contribution < -0.4 is 16.7 Å². The van der Waals surface area contributed by atoms with E-state index in [9.17, 15) is 4.79 Å². The molecule has 1 fully saturated rings. The summed E-state index contributed by atoms with van der Waals surface area (Å²) in [6, 6.07) is 7.11. The third-order valence-electron chi connectivity index (χ3n) is 4.16. The molecule has 3 N–H and O–H groups in total. The van der Waals surface area contributed by atoms with Crippen molar-refractivity contribution < 1.29 is 0 Å². The molecule has 4 rings (SSSR count). The van der Waals surface area contributed by atoms with Crippen molar-refractivity contribution in [3.63, 3.8) is 0 Å². The zero-order valence-corrected chi connectivity index (χ0v) is 13.0. The largest absolute Gasteiger partial charge is 0.382 e. The molecule has 3 heterocycles. The Kier molecular flexibility index (Phi) is 3.32. The number of rotatable bonds is 2. The maximum absolute atomic E-state index is 13.1. The van der Waals surface area contributed by atoms with Crippen molar-refractivity contribution in [2.75, 3.05) is 18.8 Å². The van der Waals surface area contributed by atoms with E-state index in [4.69, 9.17) is 17.3 Å². The highest BCUT2D eigenvalue weighted by molar-refractivity contribution is 6.30. The van der Waals surface area contributed by atoms with Crippen molar-refractivity contribution in [2.24, 2.45) is 0 Å². The van der Waals surface area contributed by atoms with Gasteiger partial charge in [0.05, 0.1) is 11.7 Å². The number of fused-ring (bicyclic) bond motifs is 1. The zero-order chi connectivity index (χ0) is 16.0. The van der Waals surface area contributed by atoms with Crippen LogP contribution in [0.3, 0.4) is 0 Å². The van der Waals surface area contributed by atoms with Crippen LogP contribution in [-0.4, -0.2) is 32.2 Å². The van der Waals surface area contributed by atoms with Crippen molar-refractivity contribution >= 4 is 28.6 Å². The summed E-state index contributed by atoms with van der Waals surface area (Å²) in [4.78, 5) is 21.4. The van der Waals surface area contributed by atoms with Gasteiger partial charge in [-0.25, -0.2) is 14.8 Å². The van der Waals surface area contributed by atoms with Crippen molar-refractivity contribution in [3.8, 4) is 5.69 Å². The normalized spacial score (nSPS) is 17.9. The molecule has 23 heavy (non-hydrogen) atoms. The first kappa shape index (κ1) is 14.2.